The third kappa shape index (κ3) is 6.06. The van der Waals surface area contributed by atoms with E-state index in [2.05, 4.69) is 26.9 Å². The summed E-state index contributed by atoms with van der Waals surface area (Å²) >= 11 is 0. The minimum absolute atomic E-state index is 0.0744. The van der Waals surface area contributed by atoms with E-state index in [0.29, 0.717) is 6.54 Å². The van der Waals surface area contributed by atoms with E-state index in [1.807, 2.05) is 50.2 Å². The Morgan fingerprint density at radius 2 is 1.55 bits per heavy atom. The van der Waals surface area contributed by atoms with Crippen LogP contribution in [0.15, 0.2) is 42.5 Å². The molecule has 0 bridgehead atoms. The van der Waals surface area contributed by atoms with E-state index in [1.54, 1.807) is 0 Å². The molecule has 0 unspecified atom stereocenters. The minimum Gasteiger partial charge on any atom is -0.334 e. The first kappa shape index (κ1) is 20.9. The van der Waals surface area contributed by atoms with Gasteiger partial charge in [-0.15, -0.1) is 0 Å². The number of amides is 3. The molecule has 154 valence electrons. The molecule has 3 N–H and O–H groups in total. The Kier molecular flexibility index (Phi) is 7.25. The zero-order valence-electron chi connectivity index (χ0n) is 17.3. The maximum absolute atomic E-state index is 12.2. The second-order valence-corrected chi connectivity index (χ2v) is 7.60. The predicted molar refractivity (Wildman–Crippen MR) is 116 cm³/mol. The maximum Gasteiger partial charge on any atom is 0.315 e. The van der Waals surface area contributed by atoms with Crippen LogP contribution in [0.4, 0.5) is 10.5 Å². The van der Waals surface area contributed by atoms with Crippen LogP contribution in [0.2, 0.25) is 0 Å². The van der Waals surface area contributed by atoms with Gasteiger partial charge in [0.2, 0.25) is 5.91 Å². The molecule has 29 heavy (non-hydrogen) atoms. The van der Waals surface area contributed by atoms with Crippen molar-refractivity contribution in [2.24, 2.45) is 0 Å². The number of benzene rings is 2. The SMILES string of the molecule is Cc1cccc(C)c1NC(=O)CNC(=O)NCc1ccccc1CN1CCCC1. The zero-order valence-corrected chi connectivity index (χ0v) is 17.3. The van der Waals surface area contributed by atoms with Crippen molar-refractivity contribution in [1.82, 2.24) is 15.5 Å². The lowest BCUT2D eigenvalue weighted by atomic mass is 10.1. The molecule has 6 heteroatoms. The van der Waals surface area contributed by atoms with Gasteiger partial charge < -0.3 is 16.0 Å². The van der Waals surface area contributed by atoms with Gasteiger partial charge in [0.25, 0.3) is 0 Å². The number of nitrogens with one attached hydrogen (secondary N) is 3. The molecule has 0 saturated carbocycles. The quantitative estimate of drug-likeness (QED) is 0.674. The highest BCUT2D eigenvalue weighted by Crippen LogP contribution is 2.19. The van der Waals surface area contributed by atoms with Crippen molar-refractivity contribution in [2.45, 2.75) is 39.8 Å². The van der Waals surface area contributed by atoms with Crippen LogP contribution >= 0.6 is 0 Å². The molecule has 0 radical (unpaired) electrons. The topological polar surface area (TPSA) is 73.5 Å². The van der Waals surface area contributed by atoms with Crippen molar-refractivity contribution < 1.29 is 9.59 Å². The molecule has 1 fully saturated rings. The highest BCUT2D eigenvalue weighted by Gasteiger charge is 2.14. The summed E-state index contributed by atoms with van der Waals surface area (Å²) in [5, 5.41) is 8.36. The van der Waals surface area contributed by atoms with Gasteiger partial charge in [0.15, 0.2) is 0 Å². The van der Waals surface area contributed by atoms with E-state index in [4.69, 9.17) is 0 Å². The zero-order chi connectivity index (χ0) is 20.6. The normalized spacial score (nSPS) is 13.9. The van der Waals surface area contributed by atoms with Crippen LogP contribution in [-0.2, 0) is 17.9 Å². The third-order valence-electron chi connectivity index (χ3n) is 5.31. The second-order valence-electron chi connectivity index (χ2n) is 7.60. The third-order valence-corrected chi connectivity index (χ3v) is 5.31. The van der Waals surface area contributed by atoms with Crippen molar-refractivity contribution in [3.8, 4) is 0 Å². The highest BCUT2D eigenvalue weighted by molar-refractivity contribution is 5.95. The molecule has 2 aromatic carbocycles. The number of aryl methyl sites for hydroxylation is 2. The average Bonchev–Trinajstić information content (AvgIpc) is 3.22. The number of anilines is 1. The van der Waals surface area contributed by atoms with Crippen LogP contribution in [0.3, 0.4) is 0 Å². The summed E-state index contributed by atoms with van der Waals surface area (Å²) in [6, 6.07) is 13.7. The number of hydrogen-bond donors (Lipinski definition) is 3. The monoisotopic (exact) mass is 394 g/mol. The number of hydrogen-bond acceptors (Lipinski definition) is 3. The number of carbonyl (C=O) groups excluding carboxylic acids is 2. The van der Waals surface area contributed by atoms with Gasteiger partial charge in [-0.05, 0) is 62.0 Å². The van der Waals surface area contributed by atoms with E-state index in [9.17, 15) is 9.59 Å². The molecule has 2 aromatic rings. The van der Waals surface area contributed by atoms with Gasteiger partial charge in [-0.25, -0.2) is 4.79 Å². The van der Waals surface area contributed by atoms with Crippen LogP contribution in [-0.4, -0.2) is 36.5 Å². The van der Waals surface area contributed by atoms with Crippen molar-refractivity contribution in [2.75, 3.05) is 25.0 Å². The summed E-state index contributed by atoms with van der Waals surface area (Å²) in [6.45, 7) is 7.45. The molecule has 0 aliphatic carbocycles. The van der Waals surface area contributed by atoms with E-state index < -0.39 is 0 Å². The number of urea groups is 1. The largest absolute Gasteiger partial charge is 0.334 e. The van der Waals surface area contributed by atoms with Gasteiger partial charge in [0, 0.05) is 18.8 Å². The fraction of sp³-hybridized carbons (Fsp3) is 0.391. The molecular formula is C23H30N4O2. The number of para-hydroxylation sites is 1. The summed E-state index contributed by atoms with van der Waals surface area (Å²) < 4.78 is 0. The van der Waals surface area contributed by atoms with Gasteiger partial charge >= 0.3 is 6.03 Å². The molecule has 1 saturated heterocycles. The lowest BCUT2D eigenvalue weighted by Crippen LogP contribution is -2.40. The molecule has 0 spiro atoms. The first-order valence-corrected chi connectivity index (χ1v) is 10.2. The van der Waals surface area contributed by atoms with Gasteiger partial charge in [0.1, 0.15) is 0 Å². The smallest absolute Gasteiger partial charge is 0.315 e. The molecule has 6 nitrogen and oxygen atoms in total. The lowest BCUT2D eigenvalue weighted by Gasteiger charge is -2.18. The lowest BCUT2D eigenvalue weighted by molar-refractivity contribution is -0.115. The first-order chi connectivity index (χ1) is 14.0. The maximum atomic E-state index is 12.2. The van der Waals surface area contributed by atoms with Gasteiger partial charge in [-0.3, -0.25) is 9.69 Å². The predicted octanol–water partition coefficient (Wildman–Crippen LogP) is 3.34. The second kappa shape index (κ2) is 10.1. The molecule has 1 aliphatic rings. The standard InChI is InChI=1S/C23H30N4O2/c1-17-8-7-9-18(2)22(17)26-21(28)15-25-23(29)24-14-19-10-3-4-11-20(19)16-27-12-5-6-13-27/h3-4,7-11H,5-6,12-16H2,1-2H3,(H,26,28)(H2,24,25,29). The Labute approximate surface area is 172 Å². The molecule has 0 atom stereocenters. The first-order valence-electron chi connectivity index (χ1n) is 10.2. The molecule has 1 aliphatic heterocycles. The fourth-order valence-electron chi connectivity index (χ4n) is 3.66. The number of carbonyl (C=O) groups is 2. The molecule has 0 aromatic heterocycles. The van der Waals surface area contributed by atoms with Gasteiger partial charge in [-0.1, -0.05) is 42.5 Å². The van der Waals surface area contributed by atoms with E-state index in [-0.39, 0.29) is 18.5 Å². The summed E-state index contributed by atoms with van der Waals surface area (Å²) in [5.74, 6) is -0.244. The minimum atomic E-state index is -0.349. The molecule has 1 heterocycles. The van der Waals surface area contributed by atoms with Crippen LogP contribution in [0.1, 0.15) is 35.1 Å². The number of nitrogens with zero attached hydrogens (tertiary/aromatic N) is 1. The summed E-state index contributed by atoms with van der Waals surface area (Å²) in [4.78, 5) is 26.8. The van der Waals surface area contributed by atoms with Crippen LogP contribution in [0.25, 0.3) is 0 Å². The molecular weight excluding hydrogens is 364 g/mol. The molecule has 3 rings (SSSR count). The van der Waals surface area contributed by atoms with E-state index in [0.717, 1.165) is 42.0 Å². The van der Waals surface area contributed by atoms with E-state index in [1.165, 1.54) is 18.4 Å². The summed E-state index contributed by atoms with van der Waals surface area (Å²) in [5.41, 5.74) is 5.14. The van der Waals surface area contributed by atoms with Crippen molar-refractivity contribution in [3.05, 3.63) is 64.7 Å². The molecule has 3 amide bonds. The Balaban J connectivity index is 1.46. The Morgan fingerprint density at radius 3 is 2.24 bits per heavy atom. The van der Waals surface area contributed by atoms with Gasteiger partial charge in [-0.2, -0.15) is 0 Å². The highest BCUT2D eigenvalue weighted by atomic mass is 16.2. The van der Waals surface area contributed by atoms with Crippen LogP contribution < -0.4 is 16.0 Å². The van der Waals surface area contributed by atoms with E-state index >= 15 is 0 Å². The Morgan fingerprint density at radius 1 is 0.897 bits per heavy atom. The Bertz CT molecular complexity index is 839. The van der Waals surface area contributed by atoms with Crippen molar-refractivity contribution in [1.29, 1.82) is 0 Å². The average molecular weight is 395 g/mol. The van der Waals surface area contributed by atoms with Crippen LogP contribution in [0.5, 0.6) is 0 Å². The summed E-state index contributed by atoms with van der Waals surface area (Å²) in [6.07, 6.45) is 2.51. The summed E-state index contributed by atoms with van der Waals surface area (Å²) in [7, 11) is 0. The fourth-order valence-corrected chi connectivity index (χ4v) is 3.66. The van der Waals surface area contributed by atoms with Crippen molar-refractivity contribution >= 4 is 17.6 Å². The number of rotatable bonds is 7. The van der Waals surface area contributed by atoms with Crippen molar-refractivity contribution in [3.63, 3.8) is 0 Å². The Hall–Kier alpha value is -2.86. The van der Waals surface area contributed by atoms with Gasteiger partial charge in [0.05, 0.1) is 6.54 Å². The number of likely N-dealkylation sites (tertiary alicyclic amines) is 1. The van der Waals surface area contributed by atoms with Crippen LogP contribution in [0, 0.1) is 13.8 Å².